The summed E-state index contributed by atoms with van der Waals surface area (Å²) in [4.78, 5) is 22.2. The van der Waals surface area contributed by atoms with E-state index in [1.807, 2.05) is 30.5 Å². The molecule has 0 aliphatic carbocycles. The molecular weight excluding hydrogens is 286 g/mol. The minimum absolute atomic E-state index is 0.191. The van der Waals surface area contributed by atoms with E-state index in [9.17, 15) is 9.90 Å². The first kappa shape index (κ1) is 14.2. The van der Waals surface area contributed by atoms with Gasteiger partial charge in [0, 0.05) is 31.2 Å². The van der Waals surface area contributed by atoms with E-state index in [0.29, 0.717) is 13.1 Å². The highest BCUT2D eigenvalue weighted by molar-refractivity contribution is 7.13. The van der Waals surface area contributed by atoms with Gasteiger partial charge in [-0.05, 0) is 18.1 Å². The number of carboxylic acids is 1. The second kappa shape index (κ2) is 5.91. The molecule has 1 aliphatic heterocycles. The van der Waals surface area contributed by atoms with Crippen molar-refractivity contribution in [2.24, 2.45) is 11.8 Å². The summed E-state index contributed by atoms with van der Waals surface area (Å²) in [5.74, 6) is -0.771. The fraction of sp³-hybridized carbons (Fsp3) is 0.400. The quantitative estimate of drug-likeness (QED) is 0.939. The maximum absolute atomic E-state index is 11.2. The third kappa shape index (κ3) is 3.11. The molecule has 2 aromatic rings. The molecule has 2 atom stereocenters. The molecule has 3 heterocycles. The lowest BCUT2D eigenvalue weighted by atomic mass is 9.99. The number of rotatable bonds is 4. The molecule has 0 amide bonds. The van der Waals surface area contributed by atoms with E-state index >= 15 is 0 Å². The van der Waals surface area contributed by atoms with Crippen LogP contribution < -0.4 is 0 Å². The van der Waals surface area contributed by atoms with Crippen LogP contribution in [-0.4, -0.2) is 39.0 Å². The Morgan fingerprint density at radius 3 is 3.00 bits per heavy atom. The largest absolute Gasteiger partial charge is 0.481 e. The minimum Gasteiger partial charge on any atom is -0.481 e. The summed E-state index contributed by atoms with van der Waals surface area (Å²) in [5, 5.41) is 12.1. The lowest BCUT2D eigenvalue weighted by Crippen LogP contribution is -2.23. The van der Waals surface area contributed by atoms with E-state index in [1.54, 1.807) is 17.5 Å². The molecule has 21 heavy (non-hydrogen) atoms. The van der Waals surface area contributed by atoms with Gasteiger partial charge < -0.3 is 5.11 Å². The number of carboxylic acid groups (broad SMARTS) is 1. The van der Waals surface area contributed by atoms with Gasteiger partial charge in [-0.15, -0.1) is 11.3 Å². The van der Waals surface area contributed by atoms with Gasteiger partial charge >= 0.3 is 5.97 Å². The Labute approximate surface area is 127 Å². The van der Waals surface area contributed by atoms with Gasteiger partial charge in [0.1, 0.15) is 5.01 Å². The summed E-state index contributed by atoms with van der Waals surface area (Å²) in [5.41, 5.74) is 1.87. The SMILES string of the molecule is CC1CN(Cc2csc(-c3ccccn3)n2)CC1C(=O)O. The van der Waals surface area contributed by atoms with Crippen molar-refractivity contribution in [2.75, 3.05) is 13.1 Å². The Bertz CT molecular complexity index is 629. The van der Waals surface area contributed by atoms with Gasteiger partial charge in [-0.25, -0.2) is 4.98 Å². The summed E-state index contributed by atoms with van der Waals surface area (Å²) in [6.07, 6.45) is 1.76. The second-order valence-corrected chi connectivity index (χ2v) is 6.33. The molecule has 3 rings (SSSR count). The fourth-order valence-corrected chi connectivity index (χ4v) is 3.52. The molecule has 1 aliphatic rings. The zero-order chi connectivity index (χ0) is 14.8. The van der Waals surface area contributed by atoms with Crippen LogP contribution in [0.5, 0.6) is 0 Å². The molecule has 6 heteroatoms. The molecule has 0 aromatic carbocycles. The molecule has 1 fully saturated rings. The molecule has 0 spiro atoms. The summed E-state index contributed by atoms with van der Waals surface area (Å²) in [6, 6.07) is 5.78. The number of hydrogen-bond acceptors (Lipinski definition) is 5. The van der Waals surface area contributed by atoms with Crippen molar-refractivity contribution in [2.45, 2.75) is 13.5 Å². The molecule has 110 valence electrons. The summed E-state index contributed by atoms with van der Waals surface area (Å²) in [6.45, 7) is 4.12. The van der Waals surface area contributed by atoms with Crippen molar-refractivity contribution in [1.29, 1.82) is 0 Å². The third-order valence-corrected chi connectivity index (χ3v) is 4.74. The normalized spacial score (nSPS) is 22.5. The summed E-state index contributed by atoms with van der Waals surface area (Å²) >= 11 is 1.58. The number of nitrogens with zero attached hydrogens (tertiary/aromatic N) is 3. The fourth-order valence-electron chi connectivity index (χ4n) is 2.73. The van der Waals surface area contributed by atoms with Gasteiger partial charge in [-0.2, -0.15) is 0 Å². The van der Waals surface area contributed by atoms with Crippen LogP contribution in [0.3, 0.4) is 0 Å². The minimum atomic E-state index is -0.697. The molecule has 1 saturated heterocycles. The number of pyridine rings is 1. The number of thiazole rings is 1. The number of hydrogen-bond donors (Lipinski definition) is 1. The topological polar surface area (TPSA) is 66.3 Å². The highest BCUT2D eigenvalue weighted by Crippen LogP contribution is 2.26. The van der Waals surface area contributed by atoms with Crippen LogP contribution in [0.1, 0.15) is 12.6 Å². The van der Waals surface area contributed by atoms with E-state index in [2.05, 4.69) is 14.9 Å². The van der Waals surface area contributed by atoms with Crippen molar-refractivity contribution in [1.82, 2.24) is 14.9 Å². The van der Waals surface area contributed by atoms with Crippen LogP contribution in [0.15, 0.2) is 29.8 Å². The van der Waals surface area contributed by atoms with Gasteiger partial charge in [0.25, 0.3) is 0 Å². The third-order valence-electron chi connectivity index (χ3n) is 3.83. The summed E-state index contributed by atoms with van der Waals surface area (Å²) < 4.78 is 0. The Balaban J connectivity index is 1.67. The smallest absolute Gasteiger partial charge is 0.308 e. The van der Waals surface area contributed by atoms with E-state index in [0.717, 1.165) is 22.9 Å². The Morgan fingerprint density at radius 1 is 1.48 bits per heavy atom. The number of carbonyl (C=O) groups is 1. The van der Waals surface area contributed by atoms with Crippen LogP contribution in [0, 0.1) is 11.8 Å². The number of aliphatic carboxylic acids is 1. The van der Waals surface area contributed by atoms with Gasteiger partial charge in [-0.3, -0.25) is 14.7 Å². The van der Waals surface area contributed by atoms with Gasteiger partial charge in [-0.1, -0.05) is 13.0 Å². The zero-order valence-corrected chi connectivity index (χ0v) is 12.6. The predicted octanol–water partition coefficient (Wildman–Crippen LogP) is 2.36. The van der Waals surface area contributed by atoms with Gasteiger partial charge in [0.15, 0.2) is 0 Å². The van der Waals surface area contributed by atoms with Crippen molar-refractivity contribution >= 4 is 17.3 Å². The van der Waals surface area contributed by atoms with Crippen molar-refractivity contribution in [3.8, 4) is 10.7 Å². The zero-order valence-electron chi connectivity index (χ0n) is 11.8. The molecule has 2 unspecified atom stereocenters. The van der Waals surface area contributed by atoms with Crippen molar-refractivity contribution in [3.63, 3.8) is 0 Å². The average Bonchev–Trinajstić information content (AvgIpc) is 3.07. The number of aromatic nitrogens is 2. The van der Waals surface area contributed by atoms with E-state index in [1.165, 1.54) is 0 Å². The average molecular weight is 303 g/mol. The highest BCUT2D eigenvalue weighted by Gasteiger charge is 2.34. The molecule has 2 aromatic heterocycles. The Morgan fingerprint density at radius 2 is 2.33 bits per heavy atom. The maximum atomic E-state index is 11.2. The molecule has 0 bridgehead atoms. The van der Waals surface area contributed by atoms with E-state index < -0.39 is 5.97 Å². The molecule has 1 N–H and O–H groups in total. The highest BCUT2D eigenvalue weighted by atomic mass is 32.1. The first-order valence-electron chi connectivity index (χ1n) is 6.94. The first-order valence-corrected chi connectivity index (χ1v) is 7.82. The lowest BCUT2D eigenvalue weighted by molar-refractivity contribution is -0.142. The van der Waals surface area contributed by atoms with Gasteiger partial charge in [0.2, 0.25) is 0 Å². The van der Waals surface area contributed by atoms with Crippen molar-refractivity contribution in [3.05, 3.63) is 35.5 Å². The lowest BCUT2D eigenvalue weighted by Gasteiger charge is -2.12. The molecule has 5 nitrogen and oxygen atoms in total. The maximum Gasteiger partial charge on any atom is 0.308 e. The van der Waals surface area contributed by atoms with Crippen LogP contribution in [0.2, 0.25) is 0 Å². The second-order valence-electron chi connectivity index (χ2n) is 5.48. The van der Waals surface area contributed by atoms with E-state index in [4.69, 9.17) is 0 Å². The summed E-state index contributed by atoms with van der Waals surface area (Å²) in [7, 11) is 0. The van der Waals surface area contributed by atoms with Crippen LogP contribution in [0.25, 0.3) is 10.7 Å². The van der Waals surface area contributed by atoms with Crippen molar-refractivity contribution < 1.29 is 9.90 Å². The Kier molecular flexibility index (Phi) is 3.98. The predicted molar refractivity (Wildman–Crippen MR) is 80.9 cm³/mol. The molecule has 0 radical (unpaired) electrons. The Hall–Kier alpha value is -1.79. The van der Waals surface area contributed by atoms with Crippen LogP contribution in [0.4, 0.5) is 0 Å². The standard InChI is InChI=1S/C15H17N3O2S/c1-10-6-18(8-12(10)15(19)20)7-11-9-21-14(17-11)13-4-2-3-5-16-13/h2-5,9-10,12H,6-8H2,1H3,(H,19,20). The van der Waals surface area contributed by atoms with E-state index in [-0.39, 0.29) is 11.8 Å². The first-order chi connectivity index (χ1) is 10.1. The number of likely N-dealkylation sites (tertiary alicyclic amines) is 1. The van der Waals surface area contributed by atoms with Crippen LogP contribution >= 0.6 is 11.3 Å². The van der Waals surface area contributed by atoms with Gasteiger partial charge in [0.05, 0.1) is 17.3 Å². The van der Waals surface area contributed by atoms with Crippen LogP contribution in [-0.2, 0) is 11.3 Å². The molecule has 0 saturated carbocycles. The monoisotopic (exact) mass is 303 g/mol. The molecular formula is C15H17N3O2S.